The van der Waals surface area contributed by atoms with Gasteiger partial charge in [0.05, 0.1) is 24.0 Å². The Balaban J connectivity index is 1.60. The van der Waals surface area contributed by atoms with Crippen molar-refractivity contribution in [2.45, 2.75) is 19.8 Å². The van der Waals surface area contributed by atoms with Crippen molar-refractivity contribution in [1.29, 1.82) is 0 Å². The van der Waals surface area contributed by atoms with Crippen LogP contribution in [0.4, 0.5) is 17.2 Å². The SMILES string of the molecule is COc1c(Nc2cc(NC(=O)C3CC3)nc3[nH]n(C)c(=O)c23)cccc1-c1nc(C)[n+](C)[nH]1. The van der Waals surface area contributed by atoms with Gasteiger partial charge in [-0.1, -0.05) is 6.07 Å². The van der Waals surface area contributed by atoms with E-state index >= 15 is 0 Å². The third kappa shape index (κ3) is 3.71. The van der Waals surface area contributed by atoms with Crippen LogP contribution < -0.4 is 25.6 Å². The van der Waals surface area contributed by atoms with Gasteiger partial charge in [0.15, 0.2) is 11.4 Å². The third-order valence-electron chi connectivity index (χ3n) is 5.79. The van der Waals surface area contributed by atoms with E-state index in [0.717, 1.165) is 24.2 Å². The first-order valence-corrected chi connectivity index (χ1v) is 10.6. The van der Waals surface area contributed by atoms with Crippen LogP contribution in [0, 0.1) is 12.8 Å². The summed E-state index contributed by atoms with van der Waals surface area (Å²) in [6, 6.07) is 7.30. The van der Waals surface area contributed by atoms with Crippen LogP contribution in [0.1, 0.15) is 18.7 Å². The number of fused-ring (bicyclic) bond motifs is 1. The van der Waals surface area contributed by atoms with Gasteiger partial charge in [-0.2, -0.15) is 9.78 Å². The molecule has 1 amide bonds. The standard InChI is InChI=1S/C22H24N8O3/c1-11-23-19(27-29(11)2)13-6-5-7-14(18(13)33-4)24-15-10-16(26-21(31)12-8-9-12)25-20-17(15)22(32)30(3)28-20/h5-7,10,12H,8-9H2,1-4H3,(H3,24,25,26,28,31,32)/p+1. The molecule has 0 atom stereocenters. The Morgan fingerprint density at radius 2 is 2.06 bits per heavy atom. The van der Waals surface area contributed by atoms with E-state index in [0.29, 0.717) is 39.8 Å². The number of carbonyl (C=O) groups excluding carboxylic acids is 1. The number of rotatable bonds is 6. The lowest BCUT2D eigenvalue weighted by Crippen LogP contribution is -2.32. The van der Waals surface area contributed by atoms with Crippen molar-refractivity contribution in [3.05, 3.63) is 40.4 Å². The van der Waals surface area contributed by atoms with Crippen LogP contribution in [0.5, 0.6) is 5.75 Å². The Morgan fingerprint density at radius 3 is 2.73 bits per heavy atom. The number of H-pyrrole nitrogens is 2. The molecule has 0 bridgehead atoms. The second-order valence-electron chi connectivity index (χ2n) is 8.21. The Morgan fingerprint density at radius 1 is 1.27 bits per heavy atom. The third-order valence-corrected chi connectivity index (χ3v) is 5.79. The minimum absolute atomic E-state index is 0.0311. The smallest absolute Gasteiger partial charge is 0.316 e. The molecule has 1 fully saturated rings. The number of amides is 1. The first kappa shape index (κ1) is 20.7. The molecule has 3 heterocycles. The quantitative estimate of drug-likeness (QED) is 0.332. The number of para-hydroxylation sites is 1. The fraction of sp³-hybridized carbons (Fsp3) is 0.318. The fourth-order valence-electron chi connectivity index (χ4n) is 3.77. The number of nitrogens with zero attached hydrogens (tertiary/aromatic N) is 4. The molecule has 0 saturated heterocycles. The van der Waals surface area contributed by atoms with Crippen LogP contribution in [0.3, 0.4) is 0 Å². The van der Waals surface area contributed by atoms with Gasteiger partial charge >= 0.3 is 5.82 Å². The van der Waals surface area contributed by atoms with Gasteiger partial charge in [0.2, 0.25) is 5.91 Å². The molecule has 33 heavy (non-hydrogen) atoms. The van der Waals surface area contributed by atoms with Gasteiger partial charge in [-0.05, 0) is 30.0 Å². The van der Waals surface area contributed by atoms with Crippen LogP contribution >= 0.6 is 0 Å². The molecule has 11 nitrogen and oxygen atoms in total. The number of anilines is 3. The number of hydrogen-bond acceptors (Lipinski definition) is 6. The summed E-state index contributed by atoms with van der Waals surface area (Å²) in [5.74, 6) is 2.38. The first-order valence-electron chi connectivity index (χ1n) is 10.6. The normalized spacial score (nSPS) is 13.3. The highest BCUT2D eigenvalue weighted by Crippen LogP contribution is 2.38. The van der Waals surface area contributed by atoms with E-state index in [4.69, 9.17) is 4.74 Å². The van der Waals surface area contributed by atoms with E-state index in [2.05, 4.69) is 30.8 Å². The van der Waals surface area contributed by atoms with Crippen molar-refractivity contribution in [3.63, 3.8) is 0 Å². The molecular formula is C22H25N8O3+. The second kappa shape index (κ2) is 7.76. The molecule has 1 aliphatic carbocycles. The molecule has 0 unspecified atom stereocenters. The highest BCUT2D eigenvalue weighted by atomic mass is 16.5. The van der Waals surface area contributed by atoms with Crippen LogP contribution in [0.2, 0.25) is 0 Å². The molecule has 0 radical (unpaired) electrons. The van der Waals surface area contributed by atoms with Crippen molar-refractivity contribution < 1.29 is 14.2 Å². The number of aryl methyl sites for hydroxylation is 3. The summed E-state index contributed by atoms with van der Waals surface area (Å²) in [6.45, 7) is 1.90. The minimum Gasteiger partial charge on any atom is -0.494 e. The van der Waals surface area contributed by atoms with Gasteiger partial charge in [-0.3, -0.25) is 19.4 Å². The summed E-state index contributed by atoms with van der Waals surface area (Å²) in [5.41, 5.74) is 2.05. The monoisotopic (exact) mass is 449 g/mol. The Labute approximate surface area is 188 Å². The lowest BCUT2D eigenvalue weighted by atomic mass is 10.1. The molecule has 170 valence electrons. The summed E-state index contributed by atoms with van der Waals surface area (Å²) < 4.78 is 8.90. The van der Waals surface area contributed by atoms with Gasteiger partial charge in [0.25, 0.3) is 11.4 Å². The number of carbonyl (C=O) groups is 1. The zero-order valence-electron chi connectivity index (χ0n) is 18.8. The van der Waals surface area contributed by atoms with Gasteiger partial charge in [0, 0.05) is 26.0 Å². The summed E-state index contributed by atoms with van der Waals surface area (Å²) in [7, 11) is 5.09. The average molecular weight is 449 g/mol. The van der Waals surface area contributed by atoms with Gasteiger partial charge in [-0.25, -0.2) is 4.98 Å². The predicted octanol–water partition coefficient (Wildman–Crippen LogP) is 1.89. The maximum absolute atomic E-state index is 12.8. The maximum Gasteiger partial charge on any atom is 0.316 e. The van der Waals surface area contributed by atoms with Crippen LogP contribution in [0.25, 0.3) is 22.4 Å². The van der Waals surface area contributed by atoms with Crippen molar-refractivity contribution in [1.82, 2.24) is 24.8 Å². The molecule has 5 rings (SSSR count). The molecule has 11 heteroatoms. The van der Waals surface area contributed by atoms with E-state index < -0.39 is 0 Å². The van der Waals surface area contributed by atoms with Crippen molar-refractivity contribution in [3.8, 4) is 17.1 Å². The number of nitrogens with one attached hydrogen (secondary N) is 4. The topological polar surface area (TPSA) is 134 Å². The van der Waals surface area contributed by atoms with E-state index in [9.17, 15) is 9.59 Å². The highest BCUT2D eigenvalue weighted by Gasteiger charge is 2.30. The molecule has 1 aromatic carbocycles. The molecule has 1 aliphatic rings. The number of pyridine rings is 1. The van der Waals surface area contributed by atoms with Gasteiger partial charge in [-0.15, -0.1) is 0 Å². The Bertz CT molecular complexity index is 1420. The molecule has 0 aliphatic heterocycles. The van der Waals surface area contributed by atoms with Crippen LogP contribution in [-0.2, 0) is 18.9 Å². The number of hydrogen-bond donors (Lipinski definition) is 4. The first-order chi connectivity index (χ1) is 15.9. The predicted molar refractivity (Wildman–Crippen MR) is 122 cm³/mol. The van der Waals surface area contributed by atoms with Gasteiger partial charge < -0.3 is 15.4 Å². The maximum atomic E-state index is 12.8. The van der Waals surface area contributed by atoms with Crippen molar-refractivity contribution >= 4 is 34.1 Å². The molecule has 4 N–H and O–H groups in total. The number of methoxy groups -OCH3 is 1. The summed E-state index contributed by atoms with van der Waals surface area (Å²) in [6.07, 6.45) is 1.77. The number of aromatic nitrogens is 6. The zero-order valence-corrected chi connectivity index (χ0v) is 18.8. The average Bonchev–Trinajstić information content (AvgIpc) is 3.53. The molecule has 0 spiro atoms. The van der Waals surface area contributed by atoms with Crippen molar-refractivity contribution in [2.75, 3.05) is 17.7 Å². The Kier molecular flexibility index (Phi) is 4.88. The molecule has 3 aromatic heterocycles. The highest BCUT2D eigenvalue weighted by molar-refractivity contribution is 5.98. The van der Waals surface area contributed by atoms with Gasteiger partial charge in [0.1, 0.15) is 18.3 Å². The lowest BCUT2D eigenvalue weighted by molar-refractivity contribution is -0.733. The Hall–Kier alpha value is -4.15. The zero-order chi connectivity index (χ0) is 23.3. The van der Waals surface area contributed by atoms with E-state index in [-0.39, 0.29) is 17.4 Å². The van der Waals surface area contributed by atoms with Crippen molar-refractivity contribution in [2.24, 2.45) is 20.0 Å². The number of benzene rings is 1. The summed E-state index contributed by atoms with van der Waals surface area (Å²) >= 11 is 0. The lowest BCUT2D eigenvalue weighted by Gasteiger charge is -2.14. The molecular weight excluding hydrogens is 424 g/mol. The largest absolute Gasteiger partial charge is 0.494 e. The van der Waals surface area contributed by atoms with E-state index in [1.54, 1.807) is 20.2 Å². The number of aromatic amines is 2. The summed E-state index contributed by atoms with van der Waals surface area (Å²) in [4.78, 5) is 34.1. The summed E-state index contributed by atoms with van der Waals surface area (Å²) in [5, 5.41) is 12.7. The van der Waals surface area contributed by atoms with Crippen LogP contribution in [0.15, 0.2) is 29.1 Å². The minimum atomic E-state index is -0.233. The van der Waals surface area contributed by atoms with E-state index in [1.807, 2.05) is 36.9 Å². The molecule has 1 saturated carbocycles. The second-order valence-corrected chi connectivity index (χ2v) is 8.21. The molecule has 4 aromatic rings. The van der Waals surface area contributed by atoms with Crippen LogP contribution in [-0.4, -0.2) is 37.9 Å². The fourth-order valence-corrected chi connectivity index (χ4v) is 3.77. The number of ether oxygens (including phenoxy) is 1. The van der Waals surface area contributed by atoms with E-state index in [1.165, 1.54) is 4.68 Å².